The van der Waals surface area contributed by atoms with Crippen molar-refractivity contribution in [3.8, 4) is 0 Å². The maximum atomic E-state index is 12.2. The van der Waals surface area contributed by atoms with Crippen molar-refractivity contribution in [2.75, 3.05) is 6.61 Å². The Morgan fingerprint density at radius 3 is 2.61 bits per heavy atom. The number of rotatable bonds is 0. The summed E-state index contributed by atoms with van der Waals surface area (Å²) in [6.07, 6.45) is 3.84. The number of ketones is 1. The lowest BCUT2D eigenvalue weighted by molar-refractivity contribution is -0.138. The molecule has 0 aromatic rings. The molecule has 3 aliphatic rings. The molecule has 3 rings (SSSR count). The van der Waals surface area contributed by atoms with Gasteiger partial charge >= 0.3 is 5.97 Å². The molecule has 1 fully saturated rings. The van der Waals surface area contributed by atoms with E-state index in [4.69, 9.17) is 4.74 Å². The fraction of sp³-hybridized carbons (Fsp3) is 0.733. The number of carbonyl (C=O) groups is 2. The quantitative estimate of drug-likeness (QED) is 0.619. The summed E-state index contributed by atoms with van der Waals surface area (Å²) in [6.45, 7) is 6.82. The first-order chi connectivity index (χ1) is 8.36. The Morgan fingerprint density at radius 2 is 1.89 bits per heavy atom. The fourth-order valence-corrected chi connectivity index (χ4v) is 4.43. The van der Waals surface area contributed by atoms with Crippen LogP contribution in [0.5, 0.6) is 0 Å². The van der Waals surface area contributed by atoms with Gasteiger partial charge in [-0.05, 0) is 24.2 Å². The molecule has 1 heterocycles. The molecule has 98 valence electrons. The van der Waals surface area contributed by atoms with E-state index in [0.717, 1.165) is 19.3 Å². The average molecular weight is 248 g/mol. The van der Waals surface area contributed by atoms with Crippen LogP contribution in [-0.4, -0.2) is 18.4 Å². The van der Waals surface area contributed by atoms with Crippen molar-refractivity contribution in [1.82, 2.24) is 0 Å². The molecular formula is C15H20O3. The molecule has 1 saturated carbocycles. The lowest BCUT2D eigenvalue weighted by atomic mass is 9.50. The first-order valence-corrected chi connectivity index (χ1v) is 6.80. The molecule has 0 spiro atoms. The van der Waals surface area contributed by atoms with E-state index in [1.165, 1.54) is 0 Å². The van der Waals surface area contributed by atoms with E-state index < -0.39 is 0 Å². The minimum Gasteiger partial charge on any atom is -0.457 e. The van der Waals surface area contributed by atoms with Crippen molar-refractivity contribution in [3.63, 3.8) is 0 Å². The molecule has 0 aromatic carbocycles. The van der Waals surface area contributed by atoms with E-state index in [2.05, 4.69) is 20.8 Å². The number of ether oxygens (including phenoxy) is 1. The Labute approximate surface area is 108 Å². The third kappa shape index (κ3) is 1.36. The van der Waals surface area contributed by atoms with Crippen molar-refractivity contribution in [2.24, 2.45) is 16.7 Å². The SMILES string of the molecule is CC1(C)CCCC2(C)C3=C(COC3=O)C(=O)C[C@@H]12. The average Bonchev–Trinajstić information content (AvgIpc) is 2.66. The Kier molecular flexibility index (Phi) is 2.30. The monoisotopic (exact) mass is 248 g/mol. The molecule has 1 aliphatic heterocycles. The molecule has 0 N–H and O–H groups in total. The van der Waals surface area contributed by atoms with Gasteiger partial charge in [-0.2, -0.15) is 0 Å². The minimum atomic E-state index is -0.247. The molecule has 3 heteroatoms. The van der Waals surface area contributed by atoms with E-state index in [9.17, 15) is 9.59 Å². The summed E-state index contributed by atoms with van der Waals surface area (Å²) < 4.78 is 5.12. The van der Waals surface area contributed by atoms with E-state index in [-0.39, 0.29) is 35.1 Å². The molecule has 1 unspecified atom stereocenters. The molecule has 0 radical (unpaired) electrons. The lowest BCUT2D eigenvalue weighted by Gasteiger charge is -2.52. The zero-order valence-corrected chi connectivity index (χ0v) is 11.3. The third-order valence-corrected chi connectivity index (χ3v) is 5.38. The Bertz CT molecular complexity index is 472. The number of fused-ring (bicyclic) bond motifs is 2. The van der Waals surface area contributed by atoms with Crippen LogP contribution in [0.15, 0.2) is 11.1 Å². The van der Waals surface area contributed by atoms with E-state index in [1.54, 1.807) is 0 Å². The first-order valence-electron chi connectivity index (χ1n) is 6.80. The number of carbonyl (C=O) groups excluding carboxylic acids is 2. The highest BCUT2D eigenvalue weighted by atomic mass is 16.5. The molecule has 0 bridgehead atoms. The van der Waals surface area contributed by atoms with Crippen LogP contribution >= 0.6 is 0 Å². The summed E-state index contributed by atoms with van der Waals surface area (Å²) in [5.74, 6) is 0.159. The predicted octanol–water partition coefficient (Wildman–Crippen LogP) is 2.65. The van der Waals surface area contributed by atoms with Gasteiger partial charge in [-0.3, -0.25) is 4.79 Å². The Balaban J connectivity index is 2.15. The number of Topliss-reactive ketones (excluding diaryl/α,β-unsaturated/α-hetero) is 1. The van der Waals surface area contributed by atoms with Gasteiger partial charge in [0.15, 0.2) is 5.78 Å². The van der Waals surface area contributed by atoms with E-state index in [1.807, 2.05) is 0 Å². The van der Waals surface area contributed by atoms with Crippen molar-refractivity contribution in [1.29, 1.82) is 0 Å². The second-order valence-corrected chi connectivity index (χ2v) is 6.87. The van der Waals surface area contributed by atoms with E-state index >= 15 is 0 Å². The molecule has 2 aliphatic carbocycles. The molecule has 0 amide bonds. The van der Waals surface area contributed by atoms with Gasteiger partial charge in [-0.1, -0.05) is 27.2 Å². The summed E-state index contributed by atoms with van der Waals surface area (Å²) in [5.41, 5.74) is 1.34. The zero-order chi connectivity index (χ0) is 13.1. The second kappa shape index (κ2) is 3.46. The minimum absolute atomic E-state index is 0.129. The van der Waals surface area contributed by atoms with Crippen molar-refractivity contribution >= 4 is 11.8 Å². The van der Waals surface area contributed by atoms with Gasteiger partial charge in [0, 0.05) is 17.4 Å². The Morgan fingerprint density at radius 1 is 1.17 bits per heavy atom. The third-order valence-electron chi connectivity index (χ3n) is 5.38. The van der Waals surface area contributed by atoms with Crippen molar-refractivity contribution in [3.05, 3.63) is 11.1 Å². The van der Waals surface area contributed by atoms with Crippen LogP contribution in [0.3, 0.4) is 0 Å². The summed E-state index contributed by atoms with van der Waals surface area (Å²) in [4.78, 5) is 24.2. The van der Waals surface area contributed by atoms with Crippen LogP contribution < -0.4 is 0 Å². The summed E-state index contributed by atoms with van der Waals surface area (Å²) >= 11 is 0. The van der Waals surface area contributed by atoms with Crippen molar-refractivity contribution < 1.29 is 14.3 Å². The van der Waals surface area contributed by atoms with Gasteiger partial charge in [0.05, 0.1) is 5.57 Å². The normalized spacial score (nSPS) is 38.3. The summed E-state index contributed by atoms with van der Waals surface area (Å²) in [5, 5.41) is 0. The molecule has 0 aromatic heterocycles. The van der Waals surface area contributed by atoms with Crippen LogP contribution in [0.4, 0.5) is 0 Å². The van der Waals surface area contributed by atoms with Crippen LogP contribution in [0.25, 0.3) is 0 Å². The summed E-state index contributed by atoms with van der Waals surface area (Å²) in [6, 6.07) is 0. The van der Waals surface area contributed by atoms with Crippen LogP contribution in [0.1, 0.15) is 46.5 Å². The summed E-state index contributed by atoms with van der Waals surface area (Å²) in [7, 11) is 0. The standard InChI is InChI=1S/C15H20O3/c1-14(2)5-4-6-15(3)11(14)7-10(16)9-8-18-13(17)12(9)15/h11H,4-8H2,1-3H3/t11-,15?/m0/s1. The number of hydrogen-bond acceptors (Lipinski definition) is 3. The smallest absolute Gasteiger partial charge is 0.335 e. The molecule has 3 nitrogen and oxygen atoms in total. The predicted molar refractivity (Wildman–Crippen MR) is 66.8 cm³/mol. The fourth-order valence-electron chi connectivity index (χ4n) is 4.43. The van der Waals surface area contributed by atoms with Gasteiger partial charge in [0.2, 0.25) is 0 Å². The van der Waals surface area contributed by atoms with E-state index in [0.29, 0.717) is 17.6 Å². The molecule has 18 heavy (non-hydrogen) atoms. The van der Waals surface area contributed by atoms with Crippen LogP contribution in [-0.2, 0) is 14.3 Å². The van der Waals surface area contributed by atoms with Gasteiger partial charge < -0.3 is 4.74 Å². The molecular weight excluding hydrogens is 228 g/mol. The number of esters is 1. The van der Waals surface area contributed by atoms with Gasteiger partial charge in [-0.25, -0.2) is 4.79 Å². The molecule has 2 atom stereocenters. The van der Waals surface area contributed by atoms with Gasteiger partial charge in [0.1, 0.15) is 6.61 Å². The zero-order valence-electron chi connectivity index (χ0n) is 11.3. The number of cyclic esters (lactones) is 1. The highest BCUT2D eigenvalue weighted by Crippen LogP contribution is 2.59. The van der Waals surface area contributed by atoms with Gasteiger partial charge in [0.25, 0.3) is 0 Å². The van der Waals surface area contributed by atoms with Crippen LogP contribution in [0, 0.1) is 16.7 Å². The van der Waals surface area contributed by atoms with Crippen molar-refractivity contribution in [2.45, 2.75) is 46.5 Å². The maximum Gasteiger partial charge on any atom is 0.335 e. The topological polar surface area (TPSA) is 43.4 Å². The Hall–Kier alpha value is -1.12. The highest BCUT2D eigenvalue weighted by molar-refractivity contribution is 6.09. The first kappa shape index (κ1) is 11.9. The molecule has 0 saturated heterocycles. The highest BCUT2D eigenvalue weighted by Gasteiger charge is 2.56. The lowest BCUT2D eigenvalue weighted by Crippen LogP contribution is -2.48. The van der Waals surface area contributed by atoms with Gasteiger partial charge in [-0.15, -0.1) is 0 Å². The maximum absolute atomic E-state index is 12.2. The number of hydrogen-bond donors (Lipinski definition) is 0. The van der Waals surface area contributed by atoms with Crippen LogP contribution in [0.2, 0.25) is 0 Å². The second-order valence-electron chi connectivity index (χ2n) is 6.87. The largest absolute Gasteiger partial charge is 0.457 e.